The van der Waals surface area contributed by atoms with Crippen molar-refractivity contribution in [3.8, 4) is 17.6 Å². The van der Waals surface area contributed by atoms with E-state index < -0.39 is 11.8 Å². The number of hydrogen-bond donors (Lipinski definition) is 0. The topological polar surface area (TPSA) is 88.9 Å². The van der Waals surface area contributed by atoms with Crippen LogP contribution in [0.3, 0.4) is 0 Å². The van der Waals surface area contributed by atoms with Crippen LogP contribution in [-0.2, 0) is 14.3 Å². The van der Waals surface area contributed by atoms with Gasteiger partial charge in [-0.2, -0.15) is 5.26 Å². The van der Waals surface area contributed by atoms with Crippen LogP contribution in [-0.4, -0.2) is 50.7 Å². The second-order valence-electron chi connectivity index (χ2n) is 6.29. The fourth-order valence-electron chi connectivity index (χ4n) is 2.91. The first kappa shape index (κ1) is 21.9. The van der Waals surface area contributed by atoms with Crippen LogP contribution in [0.2, 0.25) is 0 Å². The number of ether oxygens (including phenoxy) is 3. The Morgan fingerprint density at radius 2 is 1.97 bits per heavy atom. The summed E-state index contributed by atoms with van der Waals surface area (Å²) in [4.78, 5) is 26.6. The molecule has 0 saturated carbocycles. The first-order chi connectivity index (χ1) is 14.0. The van der Waals surface area contributed by atoms with E-state index in [1.165, 1.54) is 7.11 Å². The van der Waals surface area contributed by atoms with E-state index in [1.807, 2.05) is 6.07 Å². The molecule has 2 rings (SSSR count). The third-order valence-corrected chi connectivity index (χ3v) is 4.41. The van der Waals surface area contributed by atoms with Gasteiger partial charge in [0.2, 0.25) is 0 Å². The largest absolute Gasteiger partial charge is 0.493 e. The van der Waals surface area contributed by atoms with Crippen LogP contribution < -0.4 is 9.47 Å². The third kappa shape index (κ3) is 4.92. The molecule has 0 bridgehead atoms. The zero-order chi connectivity index (χ0) is 21.4. The number of benzene rings is 1. The molecule has 1 aromatic rings. The monoisotopic (exact) mass is 396 g/mol. The van der Waals surface area contributed by atoms with Gasteiger partial charge in [-0.1, -0.05) is 18.7 Å². The Labute approximate surface area is 170 Å². The van der Waals surface area contributed by atoms with Gasteiger partial charge in [-0.15, -0.1) is 0 Å². The fraction of sp³-hybridized carbons (Fsp3) is 0.318. The first-order valence-electron chi connectivity index (χ1n) is 9.08. The lowest BCUT2D eigenvalue weighted by Gasteiger charge is -2.27. The number of carbonyl (C=O) groups is 2. The molecule has 0 aliphatic carbocycles. The number of rotatable bonds is 9. The standard InChI is InChI=1S/C22H24N2O5/c1-5-10-29-19-8-7-16(13-20(19)28-4)12-17-15(2)18(14-23)22(26)24(21(17)25)9-6-11-27-3/h5,7-8,12-13H,1,6,9-11H2,2-4H3/b17-12+. The molecule has 7 heteroatoms. The minimum Gasteiger partial charge on any atom is -0.493 e. The third-order valence-electron chi connectivity index (χ3n) is 4.41. The van der Waals surface area contributed by atoms with Gasteiger partial charge >= 0.3 is 0 Å². The Morgan fingerprint density at radius 1 is 1.21 bits per heavy atom. The highest BCUT2D eigenvalue weighted by Crippen LogP contribution is 2.31. The Balaban J connectivity index is 2.44. The highest BCUT2D eigenvalue weighted by molar-refractivity contribution is 6.19. The summed E-state index contributed by atoms with van der Waals surface area (Å²) in [6, 6.07) is 7.15. The molecule has 1 aliphatic heterocycles. The van der Waals surface area contributed by atoms with Crippen molar-refractivity contribution < 1.29 is 23.8 Å². The van der Waals surface area contributed by atoms with Crippen molar-refractivity contribution in [3.63, 3.8) is 0 Å². The van der Waals surface area contributed by atoms with Crippen LogP contribution in [0, 0.1) is 11.3 Å². The smallest absolute Gasteiger partial charge is 0.271 e. The zero-order valence-electron chi connectivity index (χ0n) is 16.9. The summed E-state index contributed by atoms with van der Waals surface area (Å²) in [5, 5.41) is 9.43. The Bertz CT molecular complexity index is 908. The molecule has 0 unspecified atom stereocenters. The second-order valence-corrected chi connectivity index (χ2v) is 6.29. The van der Waals surface area contributed by atoms with Gasteiger partial charge in [0.15, 0.2) is 11.5 Å². The summed E-state index contributed by atoms with van der Waals surface area (Å²) in [5.74, 6) is 0.0352. The zero-order valence-corrected chi connectivity index (χ0v) is 16.9. The van der Waals surface area contributed by atoms with E-state index in [2.05, 4.69) is 6.58 Å². The lowest BCUT2D eigenvalue weighted by atomic mass is 9.93. The molecule has 0 radical (unpaired) electrons. The van der Waals surface area contributed by atoms with E-state index in [1.54, 1.807) is 44.4 Å². The SMILES string of the molecule is C=CCOc1ccc(/C=C2/C(=O)N(CCCOC)C(=O)C(C#N)=C2C)cc1OC. The molecule has 0 aromatic heterocycles. The number of nitriles is 1. The maximum Gasteiger partial charge on any atom is 0.271 e. The molecule has 0 saturated heterocycles. The van der Waals surface area contributed by atoms with Gasteiger partial charge in [-0.3, -0.25) is 14.5 Å². The van der Waals surface area contributed by atoms with Gasteiger partial charge in [-0.25, -0.2) is 0 Å². The summed E-state index contributed by atoms with van der Waals surface area (Å²) < 4.78 is 15.9. The molecule has 0 fully saturated rings. The van der Waals surface area contributed by atoms with Crippen molar-refractivity contribution in [2.45, 2.75) is 13.3 Å². The second kappa shape index (κ2) is 10.2. The molecule has 152 valence electrons. The van der Waals surface area contributed by atoms with Crippen LogP contribution in [0.4, 0.5) is 0 Å². The minimum absolute atomic E-state index is 0.0360. The lowest BCUT2D eigenvalue weighted by molar-refractivity contribution is -0.140. The van der Waals surface area contributed by atoms with Crippen LogP contribution in [0.5, 0.6) is 11.5 Å². The molecule has 0 spiro atoms. The van der Waals surface area contributed by atoms with Crippen LogP contribution >= 0.6 is 0 Å². The van der Waals surface area contributed by atoms with E-state index in [0.717, 1.165) is 4.90 Å². The van der Waals surface area contributed by atoms with Crippen molar-refractivity contribution >= 4 is 17.9 Å². The molecule has 1 aromatic carbocycles. The van der Waals surface area contributed by atoms with Gasteiger partial charge < -0.3 is 14.2 Å². The van der Waals surface area contributed by atoms with Crippen LogP contribution in [0.25, 0.3) is 6.08 Å². The number of carbonyl (C=O) groups excluding carboxylic acids is 2. The summed E-state index contributed by atoms with van der Waals surface area (Å²) in [6.07, 6.45) is 3.76. The maximum atomic E-state index is 13.0. The average Bonchev–Trinajstić information content (AvgIpc) is 2.72. The maximum absolute atomic E-state index is 13.0. The van der Waals surface area contributed by atoms with E-state index >= 15 is 0 Å². The highest BCUT2D eigenvalue weighted by atomic mass is 16.5. The number of hydrogen-bond acceptors (Lipinski definition) is 6. The van der Waals surface area contributed by atoms with Gasteiger partial charge in [0.25, 0.3) is 11.8 Å². The molecule has 0 atom stereocenters. The number of imide groups is 1. The average molecular weight is 396 g/mol. The number of amides is 2. The van der Waals surface area contributed by atoms with Crippen molar-refractivity contribution in [2.24, 2.45) is 0 Å². The molecule has 1 aliphatic rings. The summed E-state index contributed by atoms with van der Waals surface area (Å²) in [5.41, 5.74) is 1.29. The van der Waals surface area contributed by atoms with Crippen molar-refractivity contribution in [2.75, 3.05) is 34.0 Å². The molecule has 0 N–H and O–H groups in total. The first-order valence-corrected chi connectivity index (χ1v) is 9.08. The molecule has 2 amide bonds. The Morgan fingerprint density at radius 3 is 2.59 bits per heavy atom. The van der Waals surface area contributed by atoms with Crippen molar-refractivity contribution in [1.82, 2.24) is 4.90 Å². The molecular formula is C22H24N2O5. The van der Waals surface area contributed by atoms with Gasteiger partial charge in [0.05, 0.1) is 7.11 Å². The van der Waals surface area contributed by atoms with Crippen LogP contribution in [0.1, 0.15) is 18.9 Å². The van der Waals surface area contributed by atoms with Gasteiger partial charge in [0, 0.05) is 25.8 Å². The summed E-state index contributed by atoms with van der Waals surface area (Å²) >= 11 is 0. The normalized spacial score (nSPS) is 15.5. The van der Waals surface area contributed by atoms with E-state index in [-0.39, 0.29) is 12.1 Å². The minimum atomic E-state index is -0.575. The molecule has 7 nitrogen and oxygen atoms in total. The van der Waals surface area contributed by atoms with Gasteiger partial charge in [-0.05, 0) is 42.7 Å². The van der Waals surface area contributed by atoms with Crippen LogP contribution in [0.15, 0.2) is 47.6 Å². The van der Waals surface area contributed by atoms with Gasteiger partial charge in [0.1, 0.15) is 18.2 Å². The fourth-order valence-corrected chi connectivity index (χ4v) is 2.91. The molecular weight excluding hydrogens is 372 g/mol. The lowest BCUT2D eigenvalue weighted by Crippen LogP contribution is -2.43. The van der Waals surface area contributed by atoms with Crippen molar-refractivity contribution in [3.05, 3.63) is 53.1 Å². The van der Waals surface area contributed by atoms with E-state index in [9.17, 15) is 14.9 Å². The summed E-state index contributed by atoms with van der Waals surface area (Å²) in [7, 11) is 3.07. The predicted molar refractivity (Wildman–Crippen MR) is 108 cm³/mol. The highest BCUT2D eigenvalue weighted by Gasteiger charge is 2.35. The molecule has 29 heavy (non-hydrogen) atoms. The predicted octanol–water partition coefficient (Wildman–Crippen LogP) is 2.89. The summed E-state index contributed by atoms with van der Waals surface area (Å²) in [6.45, 7) is 6.14. The quantitative estimate of drug-likeness (QED) is 0.276. The Hall–Kier alpha value is -3.37. The number of methoxy groups -OCH3 is 2. The van der Waals surface area contributed by atoms with E-state index in [4.69, 9.17) is 14.2 Å². The van der Waals surface area contributed by atoms with Crippen molar-refractivity contribution in [1.29, 1.82) is 5.26 Å². The Kier molecular flexibility index (Phi) is 7.75. The van der Waals surface area contributed by atoms with E-state index in [0.29, 0.717) is 47.8 Å². The molecule has 1 heterocycles. The number of nitrogens with zero attached hydrogens (tertiary/aromatic N) is 2.